The fourth-order valence-electron chi connectivity index (χ4n) is 1.35. The van der Waals surface area contributed by atoms with Crippen LogP contribution in [0.5, 0.6) is 0 Å². The minimum Gasteiger partial charge on any atom is -0.352 e. The first-order chi connectivity index (χ1) is 9.42. The molecule has 5 nitrogen and oxygen atoms in total. The molecular weight excluding hydrogens is 356 g/mol. The first kappa shape index (κ1) is 18.0. The summed E-state index contributed by atoms with van der Waals surface area (Å²) in [5, 5.41) is 6.21. The van der Waals surface area contributed by atoms with Crippen molar-refractivity contribution in [3.8, 4) is 0 Å². The van der Waals surface area contributed by atoms with E-state index >= 15 is 0 Å². The average molecular weight is 365 g/mol. The summed E-state index contributed by atoms with van der Waals surface area (Å²) in [6.45, 7) is -0.685. The Morgan fingerprint density at radius 3 is 2.33 bits per heavy atom. The van der Waals surface area contributed by atoms with E-state index in [9.17, 15) is 26.4 Å². The standard InChI is InChI=1S/C10H9Cl2F3N2O3S/c11-5-3-6(8(12)7(4-5)21(16,19)20)9(18)17-2-1-10(13,14)15/h3-4H,1-2H2,(H,17,18)(H2,16,19,20). The van der Waals surface area contributed by atoms with Crippen molar-refractivity contribution in [1.82, 2.24) is 5.32 Å². The van der Waals surface area contributed by atoms with Crippen LogP contribution in [0.3, 0.4) is 0 Å². The Bertz CT molecular complexity index is 662. The Hall–Kier alpha value is -1.03. The molecule has 0 fully saturated rings. The van der Waals surface area contributed by atoms with Crippen LogP contribution in [0.1, 0.15) is 16.8 Å². The van der Waals surface area contributed by atoms with E-state index in [1.807, 2.05) is 5.32 Å². The number of sulfonamides is 1. The molecule has 0 atom stereocenters. The number of carbonyl (C=O) groups excluding carboxylic acids is 1. The lowest BCUT2D eigenvalue weighted by Crippen LogP contribution is -2.28. The van der Waals surface area contributed by atoms with Gasteiger partial charge in [0.15, 0.2) is 0 Å². The van der Waals surface area contributed by atoms with Gasteiger partial charge in [0, 0.05) is 11.6 Å². The summed E-state index contributed by atoms with van der Waals surface area (Å²) in [7, 11) is -4.23. The van der Waals surface area contributed by atoms with Crippen LogP contribution in [0.25, 0.3) is 0 Å². The van der Waals surface area contributed by atoms with Gasteiger partial charge in [-0.3, -0.25) is 4.79 Å². The van der Waals surface area contributed by atoms with Gasteiger partial charge in [0.05, 0.1) is 17.0 Å². The lowest BCUT2D eigenvalue weighted by Gasteiger charge is -2.11. The van der Waals surface area contributed by atoms with Crippen LogP contribution < -0.4 is 10.5 Å². The molecule has 0 saturated carbocycles. The van der Waals surface area contributed by atoms with Crippen molar-refractivity contribution in [2.45, 2.75) is 17.5 Å². The molecule has 1 aromatic rings. The maximum Gasteiger partial charge on any atom is 0.390 e. The number of nitrogens with one attached hydrogen (secondary N) is 1. The highest BCUT2D eigenvalue weighted by Crippen LogP contribution is 2.28. The third-order valence-electron chi connectivity index (χ3n) is 2.25. The molecule has 0 aromatic heterocycles. The maximum atomic E-state index is 12.0. The summed E-state index contributed by atoms with van der Waals surface area (Å²) in [6.07, 6.45) is -5.67. The van der Waals surface area contributed by atoms with Crippen LogP contribution in [-0.4, -0.2) is 27.0 Å². The maximum absolute atomic E-state index is 12.0. The highest BCUT2D eigenvalue weighted by Gasteiger charge is 2.27. The summed E-state index contributed by atoms with van der Waals surface area (Å²) in [4.78, 5) is 11.1. The largest absolute Gasteiger partial charge is 0.390 e. The van der Waals surface area contributed by atoms with Crippen molar-refractivity contribution in [2.75, 3.05) is 6.54 Å². The van der Waals surface area contributed by atoms with Crippen molar-refractivity contribution in [3.05, 3.63) is 27.7 Å². The van der Waals surface area contributed by atoms with Crippen molar-refractivity contribution in [1.29, 1.82) is 0 Å². The van der Waals surface area contributed by atoms with Crippen LogP contribution in [0.15, 0.2) is 17.0 Å². The molecule has 11 heteroatoms. The number of nitrogens with two attached hydrogens (primary N) is 1. The van der Waals surface area contributed by atoms with E-state index in [0.717, 1.165) is 12.1 Å². The molecule has 1 aromatic carbocycles. The minimum absolute atomic E-state index is 0.149. The van der Waals surface area contributed by atoms with Gasteiger partial charge in [-0.05, 0) is 12.1 Å². The fraction of sp³-hybridized carbons (Fsp3) is 0.300. The zero-order valence-electron chi connectivity index (χ0n) is 10.2. The van der Waals surface area contributed by atoms with Crippen molar-refractivity contribution < 1.29 is 26.4 Å². The number of amides is 1. The lowest BCUT2D eigenvalue weighted by atomic mass is 10.2. The number of rotatable bonds is 4. The zero-order chi connectivity index (χ0) is 16.4. The SMILES string of the molecule is NS(=O)(=O)c1cc(Cl)cc(C(=O)NCCC(F)(F)F)c1Cl. The Balaban J connectivity index is 3.03. The molecule has 0 aliphatic carbocycles. The third-order valence-corrected chi connectivity index (χ3v) is 3.92. The van der Waals surface area contributed by atoms with Crippen LogP contribution in [0, 0.1) is 0 Å². The minimum atomic E-state index is -4.43. The quantitative estimate of drug-likeness (QED) is 0.858. The predicted octanol–water partition coefficient (Wildman–Crippen LogP) is 2.32. The molecule has 21 heavy (non-hydrogen) atoms. The normalized spacial score (nSPS) is 12.3. The number of benzene rings is 1. The van der Waals surface area contributed by atoms with E-state index < -0.39 is 45.0 Å². The summed E-state index contributed by atoms with van der Waals surface area (Å²) in [5.74, 6) is -0.989. The van der Waals surface area contributed by atoms with E-state index in [4.69, 9.17) is 28.3 Å². The van der Waals surface area contributed by atoms with Crippen molar-refractivity contribution in [2.24, 2.45) is 5.14 Å². The number of halogens is 5. The number of hydrogen-bond acceptors (Lipinski definition) is 3. The monoisotopic (exact) mass is 364 g/mol. The topological polar surface area (TPSA) is 89.3 Å². The molecule has 1 rings (SSSR count). The predicted molar refractivity (Wildman–Crippen MR) is 70.8 cm³/mol. The first-order valence-corrected chi connectivity index (χ1v) is 7.59. The average Bonchev–Trinajstić information content (AvgIpc) is 2.28. The fourth-order valence-corrected chi connectivity index (χ4v) is 2.80. The highest BCUT2D eigenvalue weighted by molar-refractivity contribution is 7.89. The molecule has 0 unspecified atom stereocenters. The second-order valence-corrected chi connectivity index (χ2v) is 6.28. The van der Waals surface area contributed by atoms with Gasteiger partial charge < -0.3 is 5.32 Å². The van der Waals surface area contributed by atoms with Crippen molar-refractivity contribution in [3.63, 3.8) is 0 Å². The number of carbonyl (C=O) groups is 1. The Morgan fingerprint density at radius 2 is 1.86 bits per heavy atom. The van der Waals surface area contributed by atoms with Crippen LogP contribution >= 0.6 is 23.2 Å². The molecule has 118 valence electrons. The van der Waals surface area contributed by atoms with E-state index in [2.05, 4.69) is 0 Å². The molecule has 0 spiro atoms. The van der Waals surface area contributed by atoms with Crippen LogP contribution in [0.4, 0.5) is 13.2 Å². The molecule has 0 saturated heterocycles. The lowest BCUT2D eigenvalue weighted by molar-refractivity contribution is -0.132. The van der Waals surface area contributed by atoms with Gasteiger partial charge in [-0.1, -0.05) is 23.2 Å². The third kappa shape index (κ3) is 5.34. The van der Waals surface area contributed by atoms with Gasteiger partial charge in [-0.15, -0.1) is 0 Å². The first-order valence-electron chi connectivity index (χ1n) is 5.28. The molecule has 0 aliphatic rings. The van der Waals surface area contributed by atoms with E-state index in [0.29, 0.717) is 0 Å². The molecule has 0 radical (unpaired) electrons. The van der Waals surface area contributed by atoms with Gasteiger partial charge >= 0.3 is 6.18 Å². The molecular formula is C10H9Cl2F3N2O3S. The summed E-state index contributed by atoms with van der Waals surface area (Å²) in [5.41, 5.74) is -0.379. The smallest absolute Gasteiger partial charge is 0.352 e. The summed E-state index contributed by atoms with van der Waals surface area (Å²) >= 11 is 11.4. The number of hydrogen-bond donors (Lipinski definition) is 2. The van der Waals surface area contributed by atoms with E-state index in [1.165, 1.54) is 0 Å². The Labute approximate surface area is 128 Å². The molecule has 0 aliphatic heterocycles. The summed E-state index contributed by atoms with van der Waals surface area (Å²) < 4.78 is 58.5. The van der Waals surface area contributed by atoms with Crippen LogP contribution in [-0.2, 0) is 10.0 Å². The van der Waals surface area contributed by atoms with Crippen molar-refractivity contribution >= 4 is 39.1 Å². The summed E-state index contributed by atoms with van der Waals surface area (Å²) in [6, 6.07) is 1.97. The van der Waals surface area contributed by atoms with Gasteiger partial charge in [-0.25, -0.2) is 13.6 Å². The van der Waals surface area contributed by atoms with Gasteiger partial charge in [0.1, 0.15) is 4.90 Å². The Kier molecular flexibility index (Phi) is 5.48. The van der Waals surface area contributed by atoms with E-state index in [1.54, 1.807) is 0 Å². The second-order valence-electron chi connectivity index (χ2n) is 3.93. The molecule has 0 heterocycles. The highest BCUT2D eigenvalue weighted by atomic mass is 35.5. The number of primary sulfonamides is 1. The van der Waals surface area contributed by atoms with E-state index in [-0.39, 0.29) is 10.6 Å². The number of alkyl halides is 3. The van der Waals surface area contributed by atoms with Crippen LogP contribution in [0.2, 0.25) is 10.0 Å². The molecule has 3 N–H and O–H groups in total. The Morgan fingerprint density at radius 1 is 1.29 bits per heavy atom. The molecule has 1 amide bonds. The van der Waals surface area contributed by atoms with Gasteiger partial charge in [0.25, 0.3) is 5.91 Å². The van der Waals surface area contributed by atoms with Gasteiger partial charge in [-0.2, -0.15) is 13.2 Å². The second kappa shape index (κ2) is 6.39. The van der Waals surface area contributed by atoms with Gasteiger partial charge in [0.2, 0.25) is 10.0 Å². The zero-order valence-corrected chi connectivity index (χ0v) is 12.5. The molecule has 0 bridgehead atoms.